The van der Waals surface area contributed by atoms with Crippen LogP contribution in [0.3, 0.4) is 0 Å². The molecule has 2 rings (SSSR count). The highest BCUT2D eigenvalue weighted by molar-refractivity contribution is 5.68. The zero-order chi connectivity index (χ0) is 15.2. The zero-order valence-electron chi connectivity index (χ0n) is 12.2. The van der Waals surface area contributed by atoms with Crippen LogP contribution in [-0.4, -0.2) is 30.4 Å². The summed E-state index contributed by atoms with van der Waals surface area (Å²) in [7, 11) is 0. The average molecular weight is 292 g/mol. The minimum Gasteiger partial charge on any atom is -0.493 e. The lowest BCUT2D eigenvalue weighted by Crippen LogP contribution is -2.40. The summed E-state index contributed by atoms with van der Waals surface area (Å²) in [6.45, 7) is 3.22. The van der Waals surface area contributed by atoms with Gasteiger partial charge in [-0.2, -0.15) is 0 Å². The summed E-state index contributed by atoms with van der Waals surface area (Å²) >= 11 is 0. The van der Waals surface area contributed by atoms with Gasteiger partial charge in [-0.1, -0.05) is 6.92 Å². The van der Waals surface area contributed by atoms with Gasteiger partial charge < -0.3 is 14.4 Å². The maximum atomic E-state index is 11.2. The van der Waals surface area contributed by atoms with Crippen LogP contribution in [0.4, 0.5) is 11.4 Å². The molecule has 1 fully saturated rings. The van der Waals surface area contributed by atoms with E-state index >= 15 is 0 Å². The maximum absolute atomic E-state index is 11.2. The highest BCUT2D eigenvalue weighted by Gasteiger charge is 2.24. The molecule has 0 spiro atoms. The third-order valence-electron chi connectivity index (χ3n) is 3.60. The Hall–Kier alpha value is -2.11. The number of ether oxygens (including phenoxy) is 1. The van der Waals surface area contributed by atoms with Gasteiger partial charge in [0.25, 0.3) is 5.69 Å². The number of carbonyl (C=O) groups is 1. The third kappa shape index (κ3) is 3.71. The Balaban J connectivity index is 2.33. The molecule has 1 aliphatic heterocycles. The smallest absolute Gasteiger partial charge is 0.275 e. The third-order valence-corrected chi connectivity index (χ3v) is 3.60. The standard InChI is InChI=1S/C15H20N2O4/c1-2-7-21-15-9-13(8-14(10-15)17(19)20)16-6-4-3-5-12(16)11-18/h8-12H,2-7H2,1H3. The monoisotopic (exact) mass is 292 g/mol. The van der Waals surface area contributed by atoms with E-state index in [0.717, 1.165) is 38.5 Å². The van der Waals surface area contributed by atoms with Gasteiger partial charge in [0, 0.05) is 24.4 Å². The van der Waals surface area contributed by atoms with E-state index in [1.165, 1.54) is 12.1 Å². The first-order valence-electron chi connectivity index (χ1n) is 7.30. The van der Waals surface area contributed by atoms with Crippen molar-refractivity contribution in [3.05, 3.63) is 28.3 Å². The summed E-state index contributed by atoms with van der Waals surface area (Å²) in [6, 6.07) is 4.52. The number of aldehydes is 1. The molecule has 0 N–H and O–H groups in total. The van der Waals surface area contributed by atoms with E-state index in [4.69, 9.17) is 4.74 Å². The second kappa shape index (κ2) is 7.06. The van der Waals surface area contributed by atoms with E-state index < -0.39 is 4.92 Å². The largest absolute Gasteiger partial charge is 0.493 e. The van der Waals surface area contributed by atoms with E-state index in [0.29, 0.717) is 18.0 Å². The number of rotatable bonds is 6. The van der Waals surface area contributed by atoms with Gasteiger partial charge in [0.1, 0.15) is 12.0 Å². The lowest BCUT2D eigenvalue weighted by Gasteiger charge is -2.34. The fourth-order valence-corrected chi connectivity index (χ4v) is 2.56. The van der Waals surface area contributed by atoms with Crippen molar-refractivity contribution in [2.24, 2.45) is 0 Å². The molecule has 1 atom stereocenters. The number of anilines is 1. The van der Waals surface area contributed by atoms with Gasteiger partial charge in [0.15, 0.2) is 0 Å². The van der Waals surface area contributed by atoms with Crippen LogP contribution in [0.25, 0.3) is 0 Å². The number of hydrogen-bond donors (Lipinski definition) is 0. The number of nitro groups is 1. The van der Waals surface area contributed by atoms with Crippen molar-refractivity contribution in [1.29, 1.82) is 0 Å². The molecule has 1 aromatic rings. The molecule has 114 valence electrons. The minimum atomic E-state index is -0.428. The van der Waals surface area contributed by atoms with Crippen molar-refractivity contribution in [3.63, 3.8) is 0 Å². The lowest BCUT2D eigenvalue weighted by atomic mass is 10.0. The maximum Gasteiger partial charge on any atom is 0.275 e. The van der Waals surface area contributed by atoms with Crippen LogP contribution in [-0.2, 0) is 4.79 Å². The highest BCUT2D eigenvalue weighted by atomic mass is 16.6. The number of non-ortho nitro benzene ring substituents is 1. The van der Waals surface area contributed by atoms with Crippen molar-refractivity contribution in [3.8, 4) is 5.75 Å². The predicted octanol–water partition coefficient (Wildman–Crippen LogP) is 2.94. The van der Waals surface area contributed by atoms with Crippen LogP contribution in [0, 0.1) is 10.1 Å². The van der Waals surface area contributed by atoms with Gasteiger partial charge in [-0.05, 0) is 25.7 Å². The average Bonchev–Trinajstić information content (AvgIpc) is 2.52. The van der Waals surface area contributed by atoms with Gasteiger partial charge in [-0.3, -0.25) is 10.1 Å². The molecular weight excluding hydrogens is 272 g/mol. The van der Waals surface area contributed by atoms with Crippen LogP contribution >= 0.6 is 0 Å². The number of nitro benzene ring substituents is 1. The normalized spacial score (nSPS) is 18.3. The van der Waals surface area contributed by atoms with Crippen LogP contribution in [0.5, 0.6) is 5.75 Å². The number of hydrogen-bond acceptors (Lipinski definition) is 5. The lowest BCUT2D eigenvalue weighted by molar-refractivity contribution is -0.384. The SMILES string of the molecule is CCCOc1cc(N2CCCCC2C=O)cc([N+](=O)[O-])c1. The van der Waals surface area contributed by atoms with Gasteiger partial charge in [-0.15, -0.1) is 0 Å². The second-order valence-corrected chi connectivity index (χ2v) is 5.18. The number of nitrogens with zero attached hydrogens (tertiary/aromatic N) is 2. The fourth-order valence-electron chi connectivity index (χ4n) is 2.56. The molecule has 6 heteroatoms. The molecule has 0 radical (unpaired) electrons. The Morgan fingerprint density at radius 2 is 2.24 bits per heavy atom. The molecule has 1 heterocycles. The molecule has 1 unspecified atom stereocenters. The molecule has 1 saturated heterocycles. The summed E-state index contributed by atoms with van der Waals surface area (Å²) in [4.78, 5) is 23.8. The molecular formula is C15H20N2O4. The molecule has 0 bridgehead atoms. The van der Waals surface area contributed by atoms with Crippen molar-refractivity contribution in [1.82, 2.24) is 0 Å². The molecule has 0 aromatic heterocycles. The van der Waals surface area contributed by atoms with E-state index in [1.54, 1.807) is 6.07 Å². The topological polar surface area (TPSA) is 72.7 Å². The summed E-state index contributed by atoms with van der Waals surface area (Å²) in [6.07, 6.45) is 4.53. The molecule has 0 saturated carbocycles. The molecule has 0 amide bonds. The Morgan fingerprint density at radius 1 is 1.43 bits per heavy atom. The van der Waals surface area contributed by atoms with Gasteiger partial charge in [0.05, 0.1) is 23.6 Å². The first kappa shape index (κ1) is 15.3. The summed E-state index contributed by atoms with van der Waals surface area (Å²) in [5.74, 6) is 0.483. The zero-order valence-corrected chi connectivity index (χ0v) is 12.2. The minimum absolute atomic E-state index is 0.00572. The van der Waals surface area contributed by atoms with E-state index in [2.05, 4.69) is 0 Å². The molecule has 1 aromatic carbocycles. The molecule has 1 aliphatic rings. The Bertz CT molecular complexity index is 518. The van der Waals surface area contributed by atoms with Crippen molar-refractivity contribution >= 4 is 17.7 Å². The van der Waals surface area contributed by atoms with Crippen molar-refractivity contribution in [2.45, 2.75) is 38.6 Å². The fraction of sp³-hybridized carbons (Fsp3) is 0.533. The summed E-state index contributed by atoms with van der Waals surface area (Å²) in [5.41, 5.74) is 0.681. The van der Waals surface area contributed by atoms with Crippen LogP contribution in [0.1, 0.15) is 32.6 Å². The first-order valence-corrected chi connectivity index (χ1v) is 7.30. The van der Waals surface area contributed by atoms with Crippen LogP contribution in [0.15, 0.2) is 18.2 Å². The van der Waals surface area contributed by atoms with Crippen molar-refractivity contribution in [2.75, 3.05) is 18.1 Å². The van der Waals surface area contributed by atoms with Gasteiger partial charge in [0.2, 0.25) is 0 Å². The van der Waals surface area contributed by atoms with Crippen LogP contribution in [0.2, 0.25) is 0 Å². The van der Waals surface area contributed by atoms with Crippen LogP contribution < -0.4 is 9.64 Å². The Kier molecular flexibility index (Phi) is 5.14. The van der Waals surface area contributed by atoms with Gasteiger partial charge in [-0.25, -0.2) is 0 Å². The number of carbonyl (C=O) groups excluding carboxylic acids is 1. The van der Waals surface area contributed by atoms with Gasteiger partial charge >= 0.3 is 0 Å². The molecule has 6 nitrogen and oxygen atoms in total. The van der Waals surface area contributed by atoms with E-state index in [9.17, 15) is 14.9 Å². The second-order valence-electron chi connectivity index (χ2n) is 5.18. The predicted molar refractivity (Wildman–Crippen MR) is 79.9 cm³/mol. The summed E-state index contributed by atoms with van der Waals surface area (Å²) in [5, 5.41) is 11.1. The van der Waals surface area contributed by atoms with E-state index in [1.807, 2.05) is 11.8 Å². The molecule has 21 heavy (non-hydrogen) atoms. The number of benzene rings is 1. The Labute approximate surface area is 123 Å². The first-order chi connectivity index (χ1) is 10.2. The van der Waals surface area contributed by atoms with Crippen molar-refractivity contribution < 1.29 is 14.5 Å². The quantitative estimate of drug-likeness (QED) is 0.458. The van der Waals surface area contributed by atoms with E-state index in [-0.39, 0.29) is 11.7 Å². The summed E-state index contributed by atoms with van der Waals surface area (Å²) < 4.78 is 5.53. The highest BCUT2D eigenvalue weighted by Crippen LogP contribution is 2.32. The molecule has 0 aliphatic carbocycles. The Morgan fingerprint density at radius 3 is 2.90 bits per heavy atom. The number of piperidine rings is 1.